The number of carbonyl (C=O) groups is 1. The van der Waals surface area contributed by atoms with Crippen LogP contribution in [0.4, 0.5) is 0 Å². The van der Waals surface area contributed by atoms with E-state index in [9.17, 15) is 4.79 Å². The number of hydrogen-bond donors (Lipinski definition) is 0. The van der Waals surface area contributed by atoms with Gasteiger partial charge in [0.2, 0.25) is 0 Å². The topological polar surface area (TPSA) is 39.4 Å². The van der Waals surface area contributed by atoms with Crippen LogP contribution in [0.15, 0.2) is 29.1 Å². The van der Waals surface area contributed by atoms with Crippen LogP contribution in [0.5, 0.6) is 0 Å². The molecule has 0 aliphatic heterocycles. The standard InChI is InChI=1S/C9H10O3/c1-2-12-9(10)4-3-8-5-6-11-7-8/h3-7H,2H2,1H3/b4-3-. The maximum atomic E-state index is 10.8. The summed E-state index contributed by atoms with van der Waals surface area (Å²) in [6.45, 7) is 2.16. The summed E-state index contributed by atoms with van der Waals surface area (Å²) in [6.07, 6.45) is 6.11. The highest BCUT2D eigenvalue weighted by molar-refractivity contribution is 5.86. The zero-order valence-corrected chi connectivity index (χ0v) is 6.82. The van der Waals surface area contributed by atoms with E-state index in [0.717, 1.165) is 5.56 Å². The summed E-state index contributed by atoms with van der Waals surface area (Å²) in [5, 5.41) is 0. The average molecular weight is 166 g/mol. The third kappa shape index (κ3) is 2.62. The quantitative estimate of drug-likeness (QED) is 0.508. The molecule has 1 heterocycles. The largest absolute Gasteiger partial charge is 0.472 e. The molecule has 1 rings (SSSR count). The summed E-state index contributed by atoms with van der Waals surface area (Å²) < 4.78 is 9.49. The molecule has 0 bridgehead atoms. The molecule has 0 aliphatic carbocycles. The highest BCUT2D eigenvalue weighted by atomic mass is 16.5. The molecular weight excluding hydrogens is 156 g/mol. The van der Waals surface area contributed by atoms with Crippen LogP contribution in [0.1, 0.15) is 12.5 Å². The van der Waals surface area contributed by atoms with Crippen molar-refractivity contribution in [3.63, 3.8) is 0 Å². The van der Waals surface area contributed by atoms with Crippen molar-refractivity contribution >= 4 is 12.0 Å². The monoisotopic (exact) mass is 166 g/mol. The van der Waals surface area contributed by atoms with Gasteiger partial charge < -0.3 is 9.15 Å². The van der Waals surface area contributed by atoms with Crippen LogP contribution in [0.3, 0.4) is 0 Å². The van der Waals surface area contributed by atoms with Crippen molar-refractivity contribution in [1.82, 2.24) is 0 Å². The van der Waals surface area contributed by atoms with Gasteiger partial charge in [-0.2, -0.15) is 0 Å². The summed E-state index contributed by atoms with van der Waals surface area (Å²) in [6, 6.07) is 1.76. The maximum absolute atomic E-state index is 10.8. The molecule has 1 aromatic heterocycles. The van der Waals surface area contributed by atoms with E-state index in [0.29, 0.717) is 6.61 Å². The van der Waals surface area contributed by atoms with E-state index < -0.39 is 0 Å². The first-order valence-electron chi connectivity index (χ1n) is 3.70. The molecule has 0 amide bonds. The van der Waals surface area contributed by atoms with Crippen molar-refractivity contribution < 1.29 is 13.9 Å². The Morgan fingerprint density at radius 1 is 1.75 bits per heavy atom. The number of rotatable bonds is 3. The molecule has 3 nitrogen and oxygen atoms in total. The Balaban J connectivity index is 2.45. The van der Waals surface area contributed by atoms with E-state index >= 15 is 0 Å². The van der Waals surface area contributed by atoms with Crippen molar-refractivity contribution in [2.45, 2.75) is 6.92 Å². The smallest absolute Gasteiger partial charge is 0.330 e. The third-order valence-electron chi connectivity index (χ3n) is 1.24. The molecule has 3 heteroatoms. The fraction of sp³-hybridized carbons (Fsp3) is 0.222. The Morgan fingerprint density at radius 2 is 2.58 bits per heavy atom. The normalized spacial score (nSPS) is 10.4. The number of furan rings is 1. The molecule has 0 aromatic carbocycles. The second-order valence-corrected chi connectivity index (χ2v) is 2.14. The summed E-state index contributed by atoms with van der Waals surface area (Å²) in [4.78, 5) is 10.8. The predicted octanol–water partition coefficient (Wildman–Crippen LogP) is 1.86. The second kappa shape index (κ2) is 4.38. The Hall–Kier alpha value is -1.51. The lowest BCUT2D eigenvalue weighted by Crippen LogP contribution is -1.98. The summed E-state index contributed by atoms with van der Waals surface area (Å²) in [5.74, 6) is -0.335. The van der Waals surface area contributed by atoms with Crippen LogP contribution < -0.4 is 0 Å². The Kier molecular flexibility index (Phi) is 3.14. The van der Waals surface area contributed by atoms with E-state index in [1.807, 2.05) is 0 Å². The fourth-order valence-electron chi connectivity index (χ4n) is 0.724. The molecule has 0 unspecified atom stereocenters. The lowest BCUT2D eigenvalue weighted by atomic mass is 10.3. The fourth-order valence-corrected chi connectivity index (χ4v) is 0.724. The Bertz CT molecular complexity index is 259. The maximum Gasteiger partial charge on any atom is 0.330 e. The Labute approximate surface area is 70.6 Å². The minimum Gasteiger partial charge on any atom is -0.472 e. The van der Waals surface area contributed by atoms with Gasteiger partial charge in [-0.05, 0) is 19.1 Å². The van der Waals surface area contributed by atoms with Crippen molar-refractivity contribution in [3.05, 3.63) is 30.2 Å². The van der Waals surface area contributed by atoms with Crippen LogP contribution in [-0.4, -0.2) is 12.6 Å². The van der Waals surface area contributed by atoms with Gasteiger partial charge in [-0.3, -0.25) is 0 Å². The third-order valence-corrected chi connectivity index (χ3v) is 1.24. The van der Waals surface area contributed by atoms with Crippen LogP contribution in [-0.2, 0) is 9.53 Å². The zero-order chi connectivity index (χ0) is 8.81. The summed E-state index contributed by atoms with van der Waals surface area (Å²) >= 11 is 0. The average Bonchev–Trinajstić information content (AvgIpc) is 2.53. The SMILES string of the molecule is CCOC(=O)/C=C\c1ccoc1. The molecule has 0 spiro atoms. The minimum absolute atomic E-state index is 0.335. The van der Waals surface area contributed by atoms with Gasteiger partial charge in [0.25, 0.3) is 0 Å². The molecule has 12 heavy (non-hydrogen) atoms. The van der Waals surface area contributed by atoms with Gasteiger partial charge in [-0.1, -0.05) is 0 Å². The Morgan fingerprint density at radius 3 is 3.17 bits per heavy atom. The molecule has 64 valence electrons. The van der Waals surface area contributed by atoms with E-state index in [2.05, 4.69) is 4.74 Å². The summed E-state index contributed by atoms with van der Waals surface area (Å²) in [5.41, 5.74) is 0.850. The molecule has 0 N–H and O–H groups in total. The van der Waals surface area contributed by atoms with Crippen molar-refractivity contribution in [2.75, 3.05) is 6.61 Å². The first-order chi connectivity index (χ1) is 5.83. The molecule has 0 radical (unpaired) electrons. The van der Waals surface area contributed by atoms with E-state index in [1.165, 1.54) is 6.08 Å². The highest BCUT2D eigenvalue weighted by Crippen LogP contribution is 2.01. The van der Waals surface area contributed by atoms with Gasteiger partial charge in [0, 0.05) is 11.6 Å². The number of esters is 1. The number of ether oxygens (including phenoxy) is 1. The molecular formula is C9H10O3. The van der Waals surface area contributed by atoms with Gasteiger partial charge in [0.05, 0.1) is 19.1 Å². The second-order valence-electron chi connectivity index (χ2n) is 2.14. The number of hydrogen-bond acceptors (Lipinski definition) is 3. The minimum atomic E-state index is -0.335. The number of carbonyl (C=O) groups excluding carboxylic acids is 1. The molecule has 0 aliphatic rings. The van der Waals surface area contributed by atoms with E-state index in [1.54, 1.807) is 31.6 Å². The lowest BCUT2D eigenvalue weighted by molar-refractivity contribution is -0.137. The van der Waals surface area contributed by atoms with Crippen molar-refractivity contribution in [3.8, 4) is 0 Å². The van der Waals surface area contributed by atoms with Crippen LogP contribution in [0.25, 0.3) is 6.08 Å². The zero-order valence-electron chi connectivity index (χ0n) is 6.82. The van der Waals surface area contributed by atoms with Gasteiger partial charge in [-0.15, -0.1) is 0 Å². The highest BCUT2D eigenvalue weighted by Gasteiger charge is 1.93. The van der Waals surface area contributed by atoms with Crippen molar-refractivity contribution in [1.29, 1.82) is 0 Å². The van der Waals surface area contributed by atoms with Gasteiger partial charge in [-0.25, -0.2) is 4.79 Å². The predicted molar refractivity (Wildman–Crippen MR) is 44.4 cm³/mol. The lowest BCUT2D eigenvalue weighted by Gasteiger charge is -1.92. The summed E-state index contributed by atoms with van der Waals surface area (Å²) in [7, 11) is 0. The van der Waals surface area contributed by atoms with Gasteiger partial charge in [0.15, 0.2) is 0 Å². The first kappa shape index (κ1) is 8.59. The van der Waals surface area contributed by atoms with Gasteiger partial charge in [0.1, 0.15) is 0 Å². The first-order valence-corrected chi connectivity index (χ1v) is 3.70. The van der Waals surface area contributed by atoms with Crippen LogP contribution in [0, 0.1) is 0 Å². The van der Waals surface area contributed by atoms with Gasteiger partial charge >= 0.3 is 5.97 Å². The molecule has 1 aromatic rings. The van der Waals surface area contributed by atoms with Crippen LogP contribution in [0.2, 0.25) is 0 Å². The molecule has 0 atom stereocenters. The molecule has 0 fully saturated rings. The van der Waals surface area contributed by atoms with Crippen molar-refractivity contribution in [2.24, 2.45) is 0 Å². The van der Waals surface area contributed by atoms with E-state index in [-0.39, 0.29) is 5.97 Å². The molecule has 0 saturated carbocycles. The van der Waals surface area contributed by atoms with Crippen LogP contribution >= 0.6 is 0 Å². The molecule has 0 saturated heterocycles. The van der Waals surface area contributed by atoms with E-state index in [4.69, 9.17) is 4.42 Å².